The Kier molecular flexibility index (Phi) is 3.44. The molecular formula is C16H19NO2S. The lowest BCUT2D eigenvalue weighted by Gasteiger charge is -2.30. The van der Waals surface area contributed by atoms with E-state index in [-0.39, 0.29) is 12.1 Å². The van der Waals surface area contributed by atoms with Gasteiger partial charge in [-0.2, -0.15) is 0 Å². The van der Waals surface area contributed by atoms with Gasteiger partial charge in [0.05, 0.1) is 7.11 Å². The van der Waals surface area contributed by atoms with E-state index in [2.05, 4.69) is 19.9 Å². The number of hydrogen-bond acceptors (Lipinski definition) is 4. The van der Waals surface area contributed by atoms with Gasteiger partial charge in [-0.3, -0.25) is 0 Å². The quantitative estimate of drug-likeness (QED) is 0.912. The number of fused-ring (bicyclic) bond motifs is 1. The van der Waals surface area contributed by atoms with Crippen molar-refractivity contribution in [3.63, 3.8) is 0 Å². The third kappa shape index (κ3) is 2.30. The average Bonchev–Trinajstić information content (AvgIpc) is 2.77. The second kappa shape index (κ2) is 5.11. The van der Waals surface area contributed by atoms with Crippen molar-refractivity contribution in [3.8, 4) is 11.5 Å². The van der Waals surface area contributed by atoms with Crippen molar-refractivity contribution >= 4 is 11.3 Å². The van der Waals surface area contributed by atoms with Crippen molar-refractivity contribution in [2.75, 3.05) is 7.11 Å². The first kappa shape index (κ1) is 13.5. The van der Waals surface area contributed by atoms with Crippen molar-refractivity contribution in [1.82, 2.24) is 0 Å². The zero-order chi connectivity index (χ0) is 14.3. The second-order valence-corrected chi connectivity index (χ2v) is 6.68. The SMILES string of the molecule is COc1ccc2c(c1)[C@@H](N)CC(c1cc(C)sc1C)O2. The molecule has 20 heavy (non-hydrogen) atoms. The minimum Gasteiger partial charge on any atom is -0.497 e. The summed E-state index contributed by atoms with van der Waals surface area (Å²) >= 11 is 1.81. The largest absolute Gasteiger partial charge is 0.497 e. The molecule has 0 saturated heterocycles. The highest BCUT2D eigenvalue weighted by molar-refractivity contribution is 7.12. The van der Waals surface area contributed by atoms with Crippen LogP contribution in [0.2, 0.25) is 0 Å². The molecular weight excluding hydrogens is 270 g/mol. The number of nitrogens with two attached hydrogens (primary N) is 1. The fourth-order valence-electron chi connectivity index (χ4n) is 2.77. The molecule has 3 nitrogen and oxygen atoms in total. The van der Waals surface area contributed by atoms with Gasteiger partial charge in [0.25, 0.3) is 0 Å². The summed E-state index contributed by atoms with van der Waals surface area (Å²) in [6.45, 7) is 4.27. The predicted octanol–water partition coefficient (Wildman–Crippen LogP) is 3.90. The Labute approximate surface area is 123 Å². The number of aryl methyl sites for hydroxylation is 2. The zero-order valence-electron chi connectivity index (χ0n) is 12.0. The van der Waals surface area contributed by atoms with Crippen molar-refractivity contribution in [1.29, 1.82) is 0 Å². The summed E-state index contributed by atoms with van der Waals surface area (Å²) in [6.07, 6.45) is 0.854. The highest BCUT2D eigenvalue weighted by Crippen LogP contribution is 2.43. The normalized spacial score (nSPS) is 21.2. The molecule has 4 heteroatoms. The zero-order valence-corrected chi connectivity index (χ0v) is 12.8. The standard InChI is InChI=1S/C16H19NO2S/c1-9-6-12(10(2)20-9)16-8-14(17)13-7-11(18-3)4-5-15(13)19-16/h4-7,14,16H,8,17H2,1-3H3/t14-,16?/m0/s1. The van der Waals surface area contributed by atoms with Gasteiger partial charge in [0, 0.05) is 33.3 Å². The summed E-state index contributed by atoms with van der Waals surface area (Å²) in [4.78, 5) is 2.63. The highest BCUT2D eigenvalue weighted by atomic mass is 32.1. The molecule has 1 aliphatic rings. The Hall–Kier alpha value is -1.52. The Balaban J connectivity index is 1.94. The molecule has 0 saturated carbocycles. The smallest absolute Gasteiger partial charge is 0.127 e. The monoisotopic (exact) mass is 289 g/mol. The average molecular weight is 289 g/mol. The molecule has 2 aromatic rings. The van der Waals surface area contributed by atoms with Gasteiger partial charge in [-0.25, -0.2) is 0 Å². The lowest BCUT2D eigenvalue weighted by molar-refractivity contribution is 0.161. The third-order valence-corrected chi connectivity index (χ3v) is 4.76. The van der Waals surface area contributed by atoms with Crippen LogP contribution in [0, 0.1) is 13.8 Å². The van der Waals surface area contributed by atoms with Crippen LogP contribution in [0.3, 0.4) is 0 Å². The third-order valence-electron chi connectivity index (χ3n) is 3.78. The first-order chi connectivity index (χ1) is 9.58. The molecule has 1 aliphatic heterocycles. The van der Waals surface area contributed by atoms with E-state index in [0.29, 0.717) is 0 Å². The van der Waals surface area contributed by atoms with Crippen LogP contribution in [0.25, 0.3) is 0 Å². The molecule has 106 valence electrons. The molecule has 1 aromatic heterocycles. The van der Waals surface area contributed by atoms with Crippen LogP contribution in [0.5, 0.6) is 11.5 Å². The summed E-state index contributed by atoms with van der Waals surface area (Å²) in [5, 5.41) is 0. The summed E-state index contributed by atoms with van der Waals surface area (Å²) < 4.78 is 11.4. The molecule has 0 amide bonds. The van der Waals surface area contributed by atoms with E-state index >= 15 is 0 Å². The Morgan fingerprint density at radius 3 is 2.70 bits per heavy atom. The van der Waals surface area contributed by atoms with E-state index in [0.717, 1.165) is 23.5 Å². The summed E-state index contributed by atoms with van der Waals surface area (Å²) in [7, 11) is 1.66. The van der Waals surface area contributed by atoms with Crippen LogP contribution < -0.4 is 15.2 Å². The van der Waals surface area contributed by atoms with Crippen LogP contribution in [0.1, 0.15) is 39.4 Å². The Bertz CT molecular complexity index is 635. The molecule has 3 rings (SSSR count). The van der Waals surface area contributed by atoms with Crippen molar-refractivity contribution in [2.45, 2.75) is 32.4 Å². The van der Waals surface area contributed by atoms with Crippen molar-refractivity contribution in [3.05, 3.63) is 45.1 Å². The molecule has 0 spiro atoms. The van der Waals surface area contributed by atoms with E-state index in [1.807, 2.05) is 29.5 Å². The van der Waals surface area contributed by atoms with Gasteiger partial charge < -0.3 is 15.2 Å². The highest BCUT2D eigenvalue weighted by Gasteiger charge is 2.29. The van der Waals surface area contributed by atoms with E-state index in [1.54, 1.807) is 7.11 Å². The number of benzene rings is 1. The molecule has 0 radical (unpaired) electrons. The lowest BCUT2D eigenvalue weighted by Crippen LogP contribution is -2.24. The van der Waals surface area contributed by atoms with Crippen molar-refractivity contribution in [2.24, 2.45) is 5.73 Å². The molecule has 1 aromatic carbocycles. The van der Waals surface area contributed by atoms with Gasteiger partial charge in [-0.1, -0.05) is 0 Å². The predicted molar refractivity (Wildman–Crippen MR) is 81.7 cm³/mol. The summed E-state index contributed by atoms with van der Waals surface area (Å²) in [6, 6.07) is 8.04. The first-order valence-electron chi connectivity index (χ1n) is 6.75. The van der Waals surface area contributed by atoms with Crippen LogP contribution in [0.15, 0.2) is 24.3 Å². The number of thiophene rings is 1. The molecule has 1 unspecified atom stereocenters. The minimum absolute atomic E-state index is 0.0153. The van der Waals surface area contributed by atoms with Crippen LogP contribution >= 0.6 is 11.3 Å². The molecule has 0 fully saturated rings. The molecule has 2 N–H and O–H groups in total. The number of ether oxygens (including phenoxy) is 2. The van der Waals surface area contributed by atoms with Crippen LogP contribution in [-0.2, 0) is 0 Å². The summed E-state index contributed by atoms with van der Waals surface area (Å²) in [5.74, 6) is 1.70. The summed E-state index contributed by atoms with van der Waals surface area (Å²) in [5.41, 5.74) is 8.62. The van der Waals surface area contributed by atoms with Gasteiger partial charge in [0.15, 0.2) is 0 Å². The number of hydrogen-bond donors (Lipinski definition) is 1. The number of methoxy groups -OCH3 is 1. The topological polar surface area (TPSA) is 44.5 Å². The molecule has 2 atom stereocenters. The maximum absolute atomic E-state index is 6.32. The Morgan fingerprint density at radius 2 is 2.05 bits per heavy atom. The molecule has 0 bridgehead atoms. The lowest BCUT2D eigenvalue weighted by atomic mass is 9.93. The van der Waals surface area contributed by atoms with Crippen molar-refractivity contribution < 1.29 is 9.47 Å². The number of rotatable bonds is 2. The van der Waals surface area contributed by atoms with Gasteiger partial charge in [0.2, 0.25) is 0 Å². The van der Waals surface area contributed by atoms with Gasteiger partial charge in [-0.05, 0) is 38.1 Å². The fourth-order valence-corrected chi connectivity index (χ4v) is 3.75. The molecule has 0 aliphatic carbocycles. The minimum atomic E-state index is -0.0153. The second-order valence-electron chi connectivity index (χ2n) is 5.22. The maximum Gasteiger partial charge on any atom is 0.127 e. The van der Waals surface area contributed by atoms with E-state index < -0.39 is 0 Å². The van der Waals surface area contributed by atoms with Gasteiger partial charge >= 0.3 is 0 Å². The maximum atomic E-state index is 6.32. The van der Waals surface area contributed by atoms with Crippen LogP contribution in [-0.4, -0.2) is 7.11 Å². The molecule has 2 heterocycles. The van der Waals surface area contributed by atoms with Gasteiger partial charge in [-0.15, -0.1) is 11.3 Å². The van der Waals surface area contributed by atoms with E-state index in [4.69, 9.17) is 15.2 Å². The Morgan fingerprint density at radius 1 is 1.25 bits per heavy atom. The first-order valence-corrected chi connectivity index (χ1v) is 7.57. The van der Waals surface area contributed by atoms with Crippen LogP contribution in [0.4, 0.5) is 0 Å². The van der Waals surface area contributed by atoms with E-state index in [1.165, 1.54) is 15.3 Å². The van der Waals surface area contributed by atoms with E-state index in [9.17, 15) is 0 Å². The fraction of sp³-hybridized carbons (Fsp3) is 0.375. The van der Waals surface area contributed by atoms with Gasteiger partial charge in [0.1, 0.15) is 17.6 Å².